The second kappa shape index (κ2) is 7.46. The third kappa shape index (κ3) is 11.1. The third-order valence-electron chi connectivity index (χ3n) is 1.98. The summed E-state index contributed by atoms with van der Waals surface area (Å²) in [5.74, 6) is -0.223. The number of carbonyl (C=O) groups is 1. The summed E-state index contributed by atoms with van der Waals surface area (Å²) in [6.07, 6.45) is 6.66. The molecule has 0 aromatic carbocycles. The fourth-order valence-corrected chi connectivity index (χ4v) is 0.970. The fraction of sp³-hybridized carbons (Fsp3) is 0.750. The van der Waals surface area contributed by atoms with Crippen LogP contribution in [0.5, 0.6) is 0 Å². The van der Waals surface area contributed by atoms with E-state index < -0.39 is 0 Å². The predicted molar refractivity (Wildman–Crippen MR) is 62.5 cm³/mol. The minimum atomic E-state index is -0.223. The van der Waals surface area contributed by atoms with Crippen LogP contribution in [0.2, 0.25) is 0 Å². The molecule has 88 valence electrons. The van der Waals surface area contributed by atoms with Crippen LogP contribution in [-0.4, -0.2) is 44.7 Å². The van der Waals surface area contributed by atoms with Crippen molar-refractivity contribution in [2.24, 2.45) is 0 Å². The van der Waals surface area contributed by atoms with E-state index in [9.17, 15) is 4.79 Å². The number of unbranched alkanes of at least 4 members (excludes halogenated alkanes) is 2. The van der Waals surface area contributed by atoms with Crippen LogP contribution < -0.4 is 0 Å². The molecular weight excluding hydrogens is 190 g/mol. The van der Waals surface area contributed by atoms with Crippen LogP contribution in [0.3, 0.4) is 0 Å². The molecule has 0 bridgehead atoms. The zero-order valence-corrected chi connectivity index (χ0v) is 10.5. The molecule has 0 fully saturated rings. The van der Waals surface area contributed by atoms with Crippen molar-refractivity contribution in [1.29, 1.82) is 0 Å². The molecule has 0 saturated heterocycles. The van der Waals surface area contributed by atoms with Gasteiger partial charge in [-0.05, 0) is 6.42 Å². The topological polar surface area (TPSA) is 26.3 Å². The van der Waals surface area contributed by atoms with Gasteiger partial charge in [-0.2, -0.15) is 0 Å². The molecule has 0 rings (SSSR count). The number of nitrogens with zero attached hydrogens (tertiary/aromatic N) is 1. The maximum absolute atomic E-state index is 11.2. The Balaban J connectivity index is 3.53. The Morgan fingerprint density at radius 2 is 2.00 bits per heavy atom. The first-order valence-electron chi connectivity index (χ1n) is 5.59. The van der Waals surface area contributed by atoms with Gasteiger partial charge in [0.15, 0.2) is 0 Å². The maximum Gasteiger partial charge on any atom is 0.330 e. The fourth-order valence-electron chi connectivity index (χ4n) is 0.970. The van der Waals surface area contributed by atoms with Crippen molar-refractivity contribution in [2.45, 2.75) is 26.2 Å². The monoisotopic (exact) mass is 214 g/mol. The number of esters is 1. The van der Waals surface area contributed by atoms with Crippen molar-refractivity contribution in [1.82, 2.24) is 0 Å². The second-order valence-corrected chi connectivity index (χ2v) is 4.73. The summed E-state index contributed by atoms with van der Waals surface area (Å²) in [6.45, 7) is 3.46. The van der Waals surface area contributed by atoms with E-state index in [0.717, 1.165) is 30.3 Å². The Morgan fingerprint density at radius 3 is 2.53 bits per heavy atom. The summed E-state index contributed by atoms with van der Waals surface area (Å²) in [6, 6.07) is 0. The van der Waals surface area contributed by atoms with Gasteiger partial charge < -0.3 is 9.22 Å². The lowest BCUT2D eigenvalue weighted by molar-refractivity contribution is -0.870. The molecule has 0 aromatic rings. The predicted octanol–water partition coefficient (Wildman–Crippen LogP) is 1.98. The Bertz CT molecular complexity index is 204. The quantitative estimate of drug-likeness (QED) is 0.280. The first-order valence-corrected chi connectivity index (χ1v) is 5.59. The lowest BCUT2D eigenvalue weighted by atomic mass is 10.2. The van der Waals surface area contributed by atoms with Crippen molar-refractivity contribution in [3.05, 3.63) is 12.2 Å². The zero-order chi connectivity index (χ0) is 11.7. The molecule has 0 heterocycles. The van der Waals surface area contributed by atoms with Crippen molar-refractivity contribution in [3.63, 3.8) is 0 Å². The van der Waals surface area contributed by atoms with Crippen LogP contribution in [0.25, 0.3) is 0 Å². The van der Waals surface area contributed by atoms with Gasteiger partial charge in [-0.1, -0.05) is 25.8 Å². The number of carbonyl (C=O) groups excluding carboxylic acids is 1. The summed E-state index contributed by atoms with van der Waals surface area (Å²) in [7, 11) is 6.22. The van der Waals surface area contributed by atoms with Gasteiger partial charge in [-0.3, -0.25) is 0 Å². The standard InChI is InChI=1S/C12H24NO2/c1-5-6-7-8-9-12(14)15-11-10-13(2,3)4/h8-9H,5-7,10-11H2,1-4H3/q+1. The molecule has 0 saturated carbocycles. The Morgan fingerprint density at radius 1 is 1.33 bits per heavy atom. The van der Waals surface area contributed by atoms with E-state index in [1.807, 2.05) is 6.08 Å². The summed E-state index contributed by atoms with van der Waals surface area (Å²) in [5, 5.41) is 0. The number of hydrogen-bond acceptors (Lipinski definition) is 2. The van der Waals surface area contributed by atoms with E-state index >= 15 is 0 Å². The van der Waals surface area contributed by atoms with Crippen molar-refractivity contribution >= 4 is 5.97 Å². The molecule has 0 radical (unpaired) electrons. The summed E-state index contributed by atoms with van der Waals surface area (Å²) in [4.78, 5) is 11.2. The minimum absolute atomic E-state index is 0.223. The molecule has 0 unspecified atom stereocenters. The van der Waals surface area contributed by atoms with Crippen molar-refractivity contribution in [3.8, 4) is 0 Å². The van der Waals surface area contributed by atoms with Gasteiger partial charge >= 0.3 is 5.97 Å². The lowest BCUT2D eigenvalue weighted by Crippen LogP contribution is -2.37. The third-order valence-corrected chi connectivity index (χ3v) is 1.98. The SMILES string of the molecule is CCCCC=CC(=O)OCC[N+](C)(C)C. The highest BCUT2D eigenvalue weighted by atomic mass is 16.5. The van der Waals surface area contributed by atoms with E-state index in [-0.39, 0.29) is 5.97 Å². The molecule has 0 aliphatic carbocycles. The highest BCUT2D eigenvalue weighted by molar-refractivity contribution is 5.81. The molecule has 0 amide bonds. The van der Waals surface area contributed by atoms with Crippen LogP contribution in [-0.2, 0) is 9.53 Å². The van der Waals surface area contributed by atoms with Gasteiger partial charge in [0.25, 0.3) is 0 Å². The molecule has 3 heteroatoms. The van der Waals surface area contributed by atoms with Crippen LogP contribution >= 0.6 is 0 Å². The van der Waals surface area contributed by atoms with Gasteiger partial charge in [-0.15, -0.1) is 0 Å². The highest BCUT2D eigenvalue weighted by Crippen LogP contribution is 1.96. The lowest BCUT2D eigenvalue weighted by Gasteiger charge is -2.23. The van der Waals surface area contributed by atoms with Crippen molar-refractivity contribution in [2.75, 3.05) is 34.3 Å². The molecule has 0 spiro atoms. The Kier molecular flexibility index (Phi) is 7.05. The van der Waals surface area contributed by atoms with E-state index in [1.54, 1.807) is 0 Å². The van der Waals surface area contributed by atoms with Gasteiger partial charge in [0.1, 0.15) is 13.2 Å². The second-order valence-electron chi connectivity index (χ2n) is 4.73. The number of allylic oxidation sites excluding steroid dienone is 1. The highest BCUT2D eigenvalue weighted by Gasteiger charge is 2.07. The molecular formula is C12H24NO2+. The van der Waals surface area contributed by atoms with Gasteiger partial charge in [0.2, 0.25) is 0 Å². The van der Waals surface area contributed by atoms with Crippen LogP contribution in [0.4, 0.5) is 0 Å². The molecule has 3 nitrogen and oxygen atoms in total. The van der Waals surface area contributed by atoms with E-state index in [0.29, 0.717) is 6.61 Å². The largest absolute Gasteiger partial charge is 0.457 e. The maximum atomic E-state index is 11.2. The van der Waals surface area contributed by atoms with Gasteiger partial charge in [0, 0.05) is 6.08 Å². The number of quaternary nitrogens is 1. The molecule has 15 heavy (non-hydrogen) atoms. The Hall–Kier alpha value is -0.830. The van der Waals surface area contributed by atoms with Gasteiger partial charge in [0.05, 0.1) is 21.1 Å². The van der Waals surface area contributed by atoms with E-state index in [1.165, 1.54) is 6.08 Å². The summed E-state index contributed by atoms with van der Waals surface area (Å²) < 4.78 is 5.87. The average Bonchev–Trinajstić information content (AvgIpc) is 2.10. The average molecular weight is 214 g/mol. The Labute approximate surface area is 93.3 Å². The molecule has 0 atom stereocenters. The number of likely N-dealkylation sites (N-methyl/N-ethyl adjacent to an activating group) is 1. The summed E-state index contributed by atoms with van der Waals surface area (Å²) >= 11 is 0. The van der Waals surface area contributed by atoms with Crippen LogP contribution in [0, 0.1) is 0 Å². The molecule has 0 aliphatic rings. The number of ether oxygens (including phenoxy) is 1. The van der Waals surface area contributed by atoms with Crippen molar-refractivity contribution < 1.29 is 14.0 Å². The smallest absolute Gasteiger partial charge is 0.330 e. The first kappa shape index (κ1) is 14.2. The summed E-state index contributed by atoms with van der Waals surface area (Å²) in [5.41, 5.74) is 0. The molecule has 0 N–H and O–H groups in total. The van der Waals surface area contributed by atoms with E-state index in [2.05, 4.69) is 28.1 Å². The van der Waals surface area contributed by atoms with E-state index in [4.69, 9.17) is 4.74 Å². The number of rotatable bonds is 7. The molecule has 0 aromatic heterocycles. The normalized spacial score (nSPS) is 12.0. The van der Waals surface area contributed by atoms with Gasteiger partial charge in [-0.25, -0.2) is 4.79 Å². The van der Waals surface area contributed by atoms with Crippen LogP contribution in [0.15, 0.2) is 12.2 Å². The first-order chi connectivity index (χ1) is 6.95. The zero-order valence-electron chi connectivity index (χ0n) is 10.5. The molecule has 0 aliphatic heterocycles. The number of hydrogen-bond donors (Lipinski definition) is 0. The minimum Gasteiger partial charge on any atom is -0.457 e. The van der Waals surface area contributed by atoms with Crippen LogP contribution in [0.1, 0.15) is 26.2 Å².